The highest BCUT2D eigenvalue weighted by Gasteiger charge is 2.63. The van der Waals surface area contributed by atoms with Crippen LogP contribution in [0.4, 0.5) is 0 Å². The number of ether oxygens (including phenoxy) is 3. The number of fused-ring (bicyclic) bond motifs is 1. The Morgan fingerprint density at radius 3 is 2.83 bits per heavy atom. The normalized spacial score (nSPS) is 46.2. The lowest BCUT2D eigenvalue weighted by Crippen LogP contribution is -2.40. The third-order valence-electron chi connectivity index (χ3n) is 4.24. The first kappa shape index (κ1) is 12.1. The number of rotatable bonds is 3. The summed E-state index contributed by atoms with van der Waals surface area (Å²) in [6.45, 7) is 7.03. The van der Waals surface area contributed by atoms with Gasteiger partial charge in [0.25, 0.3) is 0 Å². The maximum atomic E-state index is 11.5. The second-order valence-electron chi connectivity index (χ2n) is 5.50. The predicted octanol–water partition coefficient (Wildman–Crippen LogP) is 0.615. The van der Waals surface area contributed by atoms with Crippen molar-refractivity contribution in [1.29, 1.82) is 0 Å². The molecule has 3 saturated heterocycles. The molecule has 5 heteroatoms. The summed E-state index contributed by atoms with van der Waals surface area (Å²) in [6, 6.07) is 0. The fraction of sp³-hybridized carbons (Fsp3) is 0.769. The molecule has 3 fully saturated rings. The summed E-state index contributed by atoms with van der Waals surface area (Å²) in [5.74, 6) is -0.299. The number of carbonyl (C=O) groups is 1. The van der Waals surface area contributed by atoms with Gasteiger partial charge in [0.1, 0.15) is 6.10 Å². The first-order valence-corrected chi connectivity index (χ1v) is 6.34. The smallest absolute Gasteiger partial charge is 0.333 e. The van der Waals surface area contributed by atoms with Crippen LogP contribution in [0.1, 0.15) is 20.3 Å². The number of hydrogen-bond donors (Lipinski definition) is 1. The Balaban J connectivity index is 1.71. The molecule has 18 heavy (non-hydrogen) atoms. The molecular formula is C13H18O5. The molecule has 3 rings (SSSR count). The van der Waals surface area contributed by atoms with Crippen LogP contribution in [0.3, 0.4) is 0 Å². The summed E-state index contributed by atoms with van der Waals surface area (Å²) in [6.07, 6.45) is -0.422. The molecule has 3 aliphatic heterocycles. The minimum atomic E-state index is -0.737. The van der Waals surface area contributed by atoms with E-state index in [0.717, 1.165) is 6.42 Å². The zero-order chi connectivity index (χ0) is 13.0. The molecule has 7 unspecified atom stereocenters. The standard InChI is InChI=1S/C13H18O5/c1-5(2)12(14)16-6(3)9-8-4-7-10(17-8)11(9)18-13(7)15/h6-11,13,15H,1,4H2,2-3H3. The summed E-state index contributed by atoms with van der Waals surface area (Å²) < 4.78 is 16.7. The van der Waals surface area contributed by atoms with E-state index in [2.05, 4.69) is 6.58 Å². The lowest BCUT2D eigenvalue weighted by molar-refractivity contribution is -0.152. The number of carbonyl (C=O) groups excluding carboxylic acids is 1. The lowest BCUT2D eigenvalue weighted by Gasteiger charge is -2.28. The van der Waals surface area contributed by atoms with Gasteiger partial charge in [0.05, 0.1) is 24.2 Å². The largest absolute Gasteiger partial charge is 0.459 e. The molecule has 100 valence electrons. The van der Waals surface area contributed by atoms with Crippen LogP contribution in [0.15, 0.2) is 12.2 Å². The molecule has 0 aromatic heterocycles. The molecule has 0 aromatic rings. The molecule has 0 aliphatic carbocycles. The Morgan fingerprint density at radius 2 is 2.17 bits per heavy atom. The zero-order valence-electron chi connectivity index (χ0n) is 10.5. The van der Waals surface area contributed by atoms with Gasteiger partial charge in [-0.2, -0.15) is 0 Å². The van der Waals surface area contributed by atoms with E-state index >= 15 is 0 Å². The predicted molar refractivity (Wildman–Crippen MR) is 61.5 cm³/mol. The molecule has 7 atom stereocenters. The van der Waals surface area contributed by atoms with Crippen LogP contribution in [0.25, 0.3) is 0 Å². The lowest BCUT2D eigenvalue weighted by atomic mass is 9.79. The summed E-state index contributed by atoms with van der Waals surface area (Å²) >= 11 is 0. The highest BCUT2D eigenvalue weighted by molar-refractivity contribution is 5.87. The Hall–Kier alpha value is -0.910. The Labute approximate surface area is 106 Å². The fourth-order valence-corrected chi connectivity index (χ4v) is 3.39. The maximum absolute atomic E-state index is 11.5. The molecule has 5 nitrogen and oxygen atoms in total. The monoisotopic (exact) mass is 254 g/mol. The third kappa shape index (κ3) is 1.61. The van der Waals surface area contributed by atoms with E-state index in [1.54, 1.807) is 6.92 Å². The van der Waals surface area contributed by atoms with Crippen molar-refractivity contribution in [3.63, 3.8) is 0 Å². The van der Waals surface area contributed by atoms with Crippen molar-refractivity contribution in [3.8, 4) is 0 Å². The number of hydrogen-bond acceptors (Lipinski definition) is 5. The molecule has 2 bridgehead atoms. The molecule has 1 N–H and O–H groups in total. The van der Waals surface area contributed by atoms with Crippen molar-refractivity contribution in [2.75, 3.05) is 0 Å². The van der Waals surface area contributed by atoms with Gasteiger partial charge >= 0.3 is 5.97 Å². The molecule has 0 saturated carbocycles. The highest BCUT2D eigenvalue weighted by atomic mass is 16.7. The number of aliphatic hydroxyl groups excluding tert-OH is 1. The number of aliphatic hydroxyl groups is 1. The Kier molecular flexibility index (Phi) is 2.73. The van der Waals surface area contributed by atoms with Gasteiger partial charge in [-0.05, 0) is 20.3 Å². The van der Waals surface area contributed by atoms with Gasteiger partial charge < -0.3 is 19.3 Å². The minimum Gasteiger partial charge on any atom is -0.459 e. The third-order valence-corrected chi connectivity index (χ3v) is 4.24. The molecule has 3 heterocycles. The van der Waals surface area contributed by atoms with Gasteiger partial charge in [-0.15, -0.1) is 0 Å². The molecule has 0 radical (unpaired) electrons. The maximum Gasteiger partial charge on any atom is 0.333 e. The van der Waals surface area contributed by atoms with Crippen molar-refractivity contribution in [1.82, 2.24) is 0 Å². The van der Waals surface area contributed by atoms with E-state index in [0.29, 0.717) is 5.57 Å². The quantitative estimate of drug-likeness (QED) is 0.590. The Morgan fingerprint density at radius 1 is 1.44 bits per heavy atom. The zero-order valence-corrected chi connectivity index (χ0v) is 10.5. The second-order valence-corrected chi connectivity index (χ2v) is 5.50. The van der Waals surface area contributed by atoms with Crippen LogP contribution in [0, 0.1) is 11.8 Å². The Bertz CT molecular complexity index is 393. The van der Waals surface area contributed by atoms with Crippen LogP contribution in [-0.2, 0) is 19.0 Å². The van der Waals surface area contributed by atoms with Gasteiger partial charge in [-0.3, -0.25) is 0 Å². The van der Waals surface area contributed by atoms with Crippen molar-refractivity contribution in [2.24, 2.45) is 11.8 Å². The molecule has 3 aliphatic rings. The van der Waals surface area contributed by atoms with Gasteiger partial charge in [0.2, 0.25) is 0 Å². The van der Waals surface area contributed by atoms with Crippen LogP contribution in [-0.4, -0.2) is 41.8 Å². The SMILES string of the molecule is C=C(C)C(=O)OC(C)C1C2CC3C(O)OC1C3O2. The van der Waals surface area contributed by atoms with E-state index in [4.69, 9.17) is 14.2 Å². The van der Waals surface area contributed by atoms with Gasteiger partial charge in [-0.1, -0.05) is 6.58 Å². The first-order valence-electron chi connectivity index (χ1n) is 6.34. The van der Waals surface area contributed by atoms with E-state index in [-0.39, 0.29) is 42.2 Å². The van der Waals surface area contributed by atoms with Crippen molar-refractivity contribution in [3.05, 3.63) is 12.2 Å². The molecule has 0 aromatic carbocycles. The summed E-state index contributed by atoms with van der Waals surface area (Å²) in [4.78, 5) is 11.5. The van der Waals surface area contributed by atoms with E-state index < -0.39 is 6.29 Å². The fourth-order valence-electron chi connectivity index (χ4n) is 3.39. The van der Waals surface area contributed by atoms with Crippen LogP contribution in [0.2, 0.25) is 0 Å². The van der Waals surface area contributed by atoms with Gasteiger partial charge in [0.15, 0.2) is 6.29 Å². The van der Waals surface area contributed by atoms with Crippen molar-refractivity contribution in [2.45, 2.75) is 51.0 Å². The van der Waals surface area contributed by atoms with Crippen LogP contribution >= 0.6 is 0 Å². The van der Waals surface area contributed by atoms with E-state index in [9.17, 15) is 9.90 Å². The van der Waals surface area contributed by atoms with Crippen molar-refractivity contribution < 1.29 is 24.1 Å². The summed E-state index contributed by atoms with van der Waals surface area (Å²) in [5, 5.41) is 9.74. The van der Waals surface area contributed by atoms with E-state index in [1.807, 2.05) is 6.92 Å². The molecular weight excluding hydrogens is 236 g/mol. The van der Waals surface area contributed by atoms with Gasteiger partial charge in [-0.25, -0.2) is 4.79 Å². The molecule has 0 amide bonds. The van der Waals surface area contributed by atoms with Crippen molar-refractivity contribution >= 4 is 5.97 Å². The minimum absolute atomic E-state index is 0.00620. The highest BCUT2D eigenvalue weighted by Crippen LogP contribution is 2.52. The number of esters is 1. The topological polar surface area (TPSA) is 65.0 Å². The van der Waals surface area contributed by atoms with Crippen LogP contribution in [0.5, 0.6) is 0 Å². The summed E-state index contributed by atoms with van der Waals surface area (Å²) in [5.41, 5.74) is 0.385. The van der Waals surface area contributed by atoms with Gasteiger partial charge in [0, 0.05) is 11.5 Å². The average molecular weight is 254 g/mol. The van der Waals surface area contributed by atoms with E-state index in [1.165, 1.54) is 0 Å². The molecule has 0 spiro atoms. The first-order chi connectivity index (χ1) is 8.49. The average Bonchev–Trinajstić information content (AvgIpc) is 2.89. The second kappa shape index (κ2) is 4.05. The summed E-state index contributed by atoms with van der Waals surface area (Å²) in [7, 11) is 0. The van der Waals surface area contributed by atoms with Crippen LogP contribution < -0.4 is 0 Å².